The zero-order valence-electron chi connectivity index (χ0n) is 16.6. The molecule has 29 heavy (non-hydrogen) atoms. The third kappa shape index (κ3) is 4.08. The molecule has 146 valence electrons. The largest absolute Gasteiger partial charge is 0.321 e. The van der Waals surface area contributed by atoms with Gasteiger partial charge in [0.05, 0.1) is 17.9 Å². The second-order valence-electron chi connectivity index (χ2n) is 7.07. The SMILES string of the molecule is Cc1ccc(-n2nc(C)c(C(=O)Nc3cccc(Cn4cccn4)c3)n2)c(C)c1. The highest BCUT2D eigenvalue weighted by molar-refractivity contribution is 6.03. The third-order valence-electron chi connectivity index (χ3n) is 4.65. The minimum absolute atomic E-state index is 0.283. The first-order valence-corrected chi connectivity index (χ1v) is 9.39. The number of nitrogens with zero attached hydrogens (tertiary/aromatic N) is 5. The summed E-state index contributed by atoms with van der Waals surface area (Å²) in [5.74, 6) is -0.283. The number of rotatable bonds is 5. The van der Waals surface area contributed by atoms with Gasteiger partial charge in [0.25, 0.3) is 5.91 Å². The summed E-state index contributed by atoms with van der Waals surface area (Å²) in [7, 11) is 0. The van der Waals surface area contributed by atoms with Crippen LogP contribution in [0.5, 0.6) is 0 Å². The number of benzene rings is 2. The van der Waals surface area contributed by atoms with Crippen molar-refractivity contribution in [1.29, 1.82) is 0 Å². The van der Waals surface area contributed by atoms with E-state index in [1.807, 2.05) is 67.2 Å². The molecule has 0 atom stereocenters. The van der Waals surface area contributed by atoms with E-state index in [1.165, 1.54) is 10.4 Å². The van der Waals surface area contributed by atoms with Gasteiger partial charge in [-0.25, -0.2) is 0 Å². The summed E-state index contributed by atoms with van der Waals surface area (Å²) < 4.78 is 1.83. The zero-order valence-corrected chi connectivity index (χ0v) is 16.6. The predicted molar refractivity (Wildman–Crippen MR) is 111 cm³/mol. The van der Waals surface area contributed by atoms with Crippen molar-refractivity contribution in [3.8, 4) is 5.69 Å². The van der Waals surface area contributed by atoms with E-state index < -0.39 is 0 Å². The van der Waals surface area contributed by atoms with Gasteiger partial charge < -0.3 is 5.32 Å². The van der Waals surface area contributed by atoms with Crippen LogP contribution in [0.25, 0.3) is 5.69 Å². The van der Waals surface area contributed by atoms with Gasteiger partial charge in [0.2, 0.25) is 0 Å². The van der Waals surface area contributed by atoms with Crippen molar-refractivity contribution in [2.24, 2.45) is 0 Å². The Bertz CT molecular complexity index is 1160. The number of nitrogens with one attached hydrogen (secondary N) is 1. The van der Waals surface area contributed by atoms with Crippen LogP contribution in [-0.4, -0.2) is 30.7 Å². The summed E-state index contributed by atoms with van der Waals surface area (Å²) >= 11 is 0. The average molecular weight is 386 g/mol. The maximum absolute atomic E-state index is 12.8. The lowest BCUT2D eigenvalue weighted by atomic mass is 10.1. The van der Waals surface area contributed by atoms with Gasteiger partial charge in [-0.15, -0.1) is 5.10 Å². The highest BCUT2D eigenvalue weighted by Gasteiger charge is 2.17. The van der Waals surface area contributed by atoms with Gasteiger partial charge in [-0.1, -0.05) is 29.8 Å². The highest BCUT2D eigenvalue weighted by Crippen LogP contribution is 2.17. The Morgan fingerprint density at radius 2 is 1.90 bits per heavy atom. The molecule has 4 rings (SSSR count). The number of anilines is 1. The summed E-state index contributed by atoms with van der Waals surface area (Å²) in [5, 5.41) is 16.0. The molecule has 0 bridgehead atoms. The molecule has 0 aliphatic carbocycles. The van der Waals surface area contributed by atoms with Crippen LogP contribution in [0.2, 0.25) is 0 Å². The zero-order chi connectivity index (χ0) is 20.4. The maximum atomic E-state index is 12.8. The number of carbonyl (C=O) groups is 1. The van der Waals surface area contributed by atoms with Crippen molar-refractivity contribution in [1.82, 2.24) is 24.8 Å². The van der Waals surface area contributed by atoms with Gasteiger partial charge in [-0.05, 0) is 56.2 Å². The molecule has 7 heteroatoms. The Balaban J connectivity index is 1.54. The molecule has 0 saturated carbocycles. The number of aryl methyl sites for hydroxylation is 3. The summed E-state index contributed by atoms with van der Waals surface area (Å²) in [6, 6.07) is 15.6. The van der Waals surface area contributed by atoms with Gasteiger partial charge in [-0.3, -0.25) is 9.48 Å². The summed E-state index contributed by atoms with van der Waals surface area (Å²) in [5.41, 5.74) is 5.72. The Morgan fingerprint density at radius 1 is 1.03 bits per heavy atom. The summed E-state index contributed by atoms with van der Waals surface area (Å²) in [6.07, 6.45) is 3.65. The van der Waals surface area contributed by atoms with E-state index in [-0.39, 0.29) is 5.91 Å². The van der Waals surface area contributed by atoms with E-state index >= 15 is 0 Å². The van der Waals surface area contributed by atoms with Crippen molar-refractivity contribution >= 4 is 11.6 Å². The minimum Gasteiger partial charge on any atom is -0.321 e. The van der Waals surface area contributed by atoms with Crippen LogP contribution in [0.15, 0.2) is 60.9 Å². The lowest BCUT2D eigenvalue weighted by molar-refractivity contribution is 0.102. The van der Waals surface area contributed by atoms with E-state index in [0.717, 1.165) is 16.8 Å². The molecule has 0 fully saturated rings. The minimum atomic E-state index is -0.283. The first kappa shape index (κ1) is 18.6. The van der Waals surface area contributed by atoms with E-state index in [9.17, 15) is 4.79 Å². The Morgan fingerprint density at radius 3 is 2.66 bits per heavy atom. The number of hydrogen-bond acceptors (Lipinski definition) is 4. The van der Waals surface area contributed by atoms with Crippen LogP contribution in [0.3, 0.4) is 0 Å². The molecule has 1 N–H and O–H groups in total. The van der Waals surface area contributed by atoms with Crippen molar-refractivity contribution in [2.45, 2.75) is 27.3 Å². The Kier molecular flexibility index (Phi) is 4.95. The molecule has 4 aromatic rings. The molecule has 0 aliphatic heterocycles. The van der Waals surface area contributed by atoms with Gasteiger partial charge in [0.15, 0.2) is 5.69 Å². The van der Waals surface area contributed by atoms with E-state index in [4.69, 9.17) is 0 Å². The molecule has 0 unspecified atom stereocenters. The molecule has 0 spiro atoms. The fraction of sp³-hybridized carbons (Fsp3) is 0.182. The molecule has 0 saturated heterocycles. The number of carbonyl (C=O) groups excluding carboxylic acids is 1. The van der Waals surface area contributed by atoms with Gasteiger partial charge in [-0.2, -0.15) is 15.0 Å². The average Bonchev–Trinajstić information content (AvgIpc) is 3.31. The molecule has 0 radical (unpaired) electrons. The molecule has 1 amide bonds. The lowest BCUT2D eigenvalue weighted by Gasteiger charge is -2.07. The molecule has 2 aromatic heterocycles. The van der Waals surface area contributed by atoms with Crippen molar-refractivity contribution in [2.75, 3.05) is 5.32 Å². The molecule has 0 aliphatic rings. The van der Waals surface area contributed by atoms with Crippen molar-refractivity contribution in [3.05, 3.63) is 89.0 Å². The Hall–Kier alpha value is -3.74. The van der Waals surface area contributed by atoms with Crippen LogP contribution in [-0.2, 0) is 6.54 Å². The topological polar surface area (TPSA) is 77.6 Å². The van der Waals surface area contributed by atoms with Crippen LogP contribution < -0.4 is 5.32 Å². The number of hydrogen-bond donors (Lipinski definition) is 1. The molecule has 7 nitrogen and oxygen atoms in total. The lowest BCUT2D eigenvalue weighted by Crippen LogP contribution is -2.14. The molecule has 2 heterocycles. The number of amides is 1. The van der Waals surface area contributed by atoms with Gasteiger partial charge >= 0.3 is 0 Å². The van der Waals surface area contributed by atoms with Crippen molar-refractivity contribution < 1.29 is 4.79 Å². The quantitative estimate of drug-likeness (QED) is 0.567. The van der Waals surface area contributed by atoms with Crippen LogP contribution in [0.1, 0.15) is 32.9 Å². The van der Waals surface area contributed by atoms with E-state index in [0.29, 0.717) is 23.6 Å². The molecular weight excluding hydrogens is 364 g/mol. The second-order valence-corrected chi connectivity index (χ2v) is 7.07. The fourth-order valence-electron chi connectivity index (χ4n) is 3.24. The Labute approximate surface area is 169 Å². The summed E-state index contributed by atoms with van der Waals surface area (Å²) in [6.45, 7) is 6.47. The van der Waals surface area contributed by atoms with E-state index in [2.05, 4.69) is 26.7 Å². The third-order valence-corrected chi connectivity index (χ3v) is 4.65. The second kappa shape index (κ2) is 7.71. The highest BCUT2D eigenvalue weighted by atomic mass is 16.2. The smallest absolute Gasteiger partial charge is 0.278 e. The molecule has 2 aromatic carbocycles. The monoisotopic (exact) mass is 386 g/mol. The first-order valence-electron chi connectivity index (χ1n) is 9.39. The summed E-state index contributed by atoms with van der Waals surface area (Å²) in [4.78, 5) is 14.3. The van der Waals surface area contributed by atoms with Crippen LogP contribution in [0, 0.1) is 20.8 Å². The fourth-order valence-corrected chi connectivity index (χ4v) is 3.24. The molecular formula is C22H22N6O. The van der Waals surface area contributed by atoms with Gasteiger partial charge in [0, 0.05) is 18.1 Å². The van der Waals surface area contributed by atoms with Crippen LogP contribution >= 0.6 is 0 Å². The first-order chi connectivity index (χ1) is 14.0. The maximum Gasteiger partial charge on any atom is 0.278 e. The standard InChI is InChI=1S/C22H22N6O/c1-15-8-9-20(16(2)12-15)28-25-17(3)21(26-28)22(29)24-19-7-4-6-18(13-19)14-27-11-5-10-23-27/h4-13H,14H2,1-3H3,(H,24,29). The van der Waals surface area contributed by atoms with Crippen LogP contribution in [0.4, 0.5) is 5.69 Å². The van der Waals surface area contributed by atoms with Crippen molar-refractivity contribution in [3.63, 3.8) is 0 Å². The normalized spacial score (nSPS) is 10.9. The number of aromatic nitrogens is 5. The van der Waals surface area contributed by atoms with E-state index in [1.54, 1.807) is 13.1 Å². The van der Waals surface area contributed by atoms with Gasteiger partial charge in [0.1, 0.15) is 0 Å². The predicted octanol–water partition coefficient (Wildman–Crippen LogP) is 3.69.